The van der Waals surface area contributed by atoms with Gasteiger partial charge in [0, 0.05) is 12.5 Å². The first-order valence-electron chi connectivity index (χ1n) is 8.94. The summed E-state index contributed by atoms with van der Waals surface area (Å²) in [6, 6.07) is 7.08. The second-order valence-electron chi connectivity index (χ2n) is 5.49. The van der Waals surface area contributed by atoms with Gasteiger partial charge in [-0.2, -0.15) is 0 Å². The number of carbonyl (C=O) groups excluding carboxylic acids is 1. The van der Waals surface area contributed by atoms with Crippen LogP contribution in [0.15, 0.2) is 48.1 Å². The lowest BCUT2D eigenvalue weighted by atomic mass is 9.99. The minimum atomic E-state index is -0.0347. The van der Waals surface area contributed by atoms with Crippen LogP contribution in [0.5, 0.6) is 5.75 Å². The Kier molecular flexibility index (Phi) is 12.3. The summed E-state index contributed by atoms with van der Waals surface area (Å²) in [5.74, 6) is 0.316. The van der Waals surface area contributed by atoms with Crippen LogP contribution in [-0.4, -0.2) is 17.6 Å². The molecule has 3 nitrogen and oxygen atoms in total. The fourth-order valence-corrected chi connectivity index (χ4v) is 2.16. The van der Waals surface area contributed by atoms with E-state index in [-0.39, 0.29) is 17.6 Å². The highest BCUT2D eigenvalue weighted by Crippen LogP contribution is 2.14. The van der Waals surface area contributed by atoms with Gasteiger partial charge in [-0.3, -0.25) is 4.79 Å². The summed E-state index contributed by atoms with van der Waals surface area (Å²) in [7, 11) is 0. The quantitative estimate of drug-likeness (QED) is 0.657. The van der Waals surface area contributed by atoms with E-state index in [1.165, 1.54) is 5.57 Å². The molecule has 3 heteroatoms. The number of aromatic hydroxyl groups is 1. The van der Waals surface area contributed by atoms with Crippen molar-refractivity contribution in [2.75, 3.05) is 6.54 Å². The summed E-state index contributed by atoms with van der Waals surface area (Å²) in [5.41, 5.74) is 2.30. The highest BCUT2D eigenvalue weighted by atomic mass is 16.3. The number of rotatable bonds is 8. The Morgan fingerprint density at radius 2 is 1.88 bits per heavy atom. The first kappa shape index (κ1) is 22.0. The van der Waals surface area contributed by atoms with Gasteiger partial charge in [0.1, 0.15) is 5.75 Å². The number of hydrogen-bond acceptors (Lipinski definition) is 2. The molecular formula is C21H33NO2. The molecule has 0 spiro atoms. The Morgan fingerprint density at radius 1 is 1.25 bits per heavy atom. The molecular weight excluding hydrogens is 298 g/mol. The van der Waals surface area contributed by atoms with Gasteiger partial charge in [-0.25, -0.2) is 0 Å². The molecule has 1 aromatic rings. The minimum absolute atomic E-state index is 0.0347. The second kappa shape index (κ2) is 13.4. The minimum Gasteiger partial charge on any atom is -0.508 e. The van der Waals surface area contributed by atoms with Crippen molar-refractivity contribution in [2.24, 2.45) is 5.92 Å². The molecule has 0 fully saturated rings. The van der Waals surface area contributed by atoms with Gasteiger partial charge < -0.3 is 10.4 Å². The maximum absolute atomic E-state index is 12.1. The van der Waals surface area contributed by atoms with E-state index >= 15 is 0 Å². The lowest BCUT2D eigenvalue weighted by Crippen LogP contribution is -2.31. The molecule has 0 saturated carbocycles. The Morgan fingerprint density at radius 3 is 2.42 bits per heavy atom. The number of hydrogen-bond donors (Lipinski definition) is 2. The highest BCUT2D eigenvalue weighted by Gasteiger charge is 2.13. The first-order chi connectivity index (χ1) is 11.6. The van der Waals surface area contributed by atoms with Crippen molar-refractivity contribution >= 4 is 5.91 Å². The van der Waals surface area contributed by atoms with Crippen molar-refractivity contribution in [1.82, 2.24) is 5.32 Å². The molecule has 0 radical (unpaired) electrons. The smallest absolute Gasteiger partial charge is 0.223 e. The van der Waals surface area contributed by atoms with Crippen LogP contribution in [0, 0.1) is 5.92 Å². The van der Waals surface area contributed by atoms with Gasteiger partial charge in [0.15, 0.2) is 0 Å². The molecule has 1 amide bonds. The number of benzene rings is 1. The van der Waals surface area contributed by atoms with E-state index in [1.807, 2.05) is 39.8 Å². The van der Waals surface area contributed by atoms with Gasteiger partial charge in [-0.05, 0) is 43.9 Å². The Bertz CT molecular complexity index is 515. The zero-order chi connectivity index (χ0) is 18.4. The molecule has 2 N–H and O–H groups in total. The van der Waals surface area contributed by atoms with E-state index in [4.69, 9.17) is 0 Å². The summed E-state index contributed by atoms with van der Waals surface area (Å²) in [4.78, 5) is 12.1. The van der Waals surface area contributed by atoms with E-state index in [2.05, 4.69) is 30.5 Å². The lowest BCUT2D eigenvalue weighted by Gasteiger charge is -2.13. The zero-order valence-electron chi connectivity index (χ0n) is 15.8. The number of phenolic OH excluding ortho intramolecular Hbond substituents is 1. The number of nitrogens with one attached hydrogen (secondary N) is 1. The standard InChI is InChI=1S/C19H27NO2.C2H6/c1-4-6-7-16(5-2)14-15(3)19(22)20-13-12-17-8-10-18(21)11-9-17;1-2/h5-11,15,21H,4,12-14H2,1-3H3,(H,20,22);1-2H3/b7-6-,16-5+;. The zero-order valence-corrected chi connectivity index (χ0v) is 15.8. The van der Waals surface area contributed by atoms with Crippen molar-refractivity contribution in [3.63, 3.8) is 0 Å². The number of allylic oxidation sites excluding steroid dienone is 4. The van der Waals surface area contributed by atoms with Gasteiger partial charge in [-0.1, -0.05) is 63.6 Å². The Balaban J connectivity index is 0.00000254. The van der Waals surface area contributed by atoms with Crippen molar-refractivity contribution in [2.45, 2.75) is 53.9 Å². The third kappa shape index (κ3) is 9.19. The van der Waals surface area contributed by atoms with Crippen LogP contribution >= 0.6 is 0 Å². The molecule has 0 bridgehead atoms. The lowest BCUT2D eigenvalue weighted by molar-refractivity contribution is -0.124. The summed E-state index contributed by atoms with van der Waals surface area (Å²) in [5, 5.41) is 12.2. The first-order valence-corrected chi connectivity index (χ1v) is 8.94. The van der Waals surface area contributed by atoms with Crippen LogP contribution in [0.1, 0.15) is 53.0 Å². The molecule has 0 aliphatic heterocycles. The third-order valence-corrected chi connectivity index (χ3v) is 3.58. The molecule has 1 atom stereocenters. The van der Waals surface area contributed by atoms with Crippen molar-refractivity contribution in [3.8, 4) is 5.75 Å². The van der Waals surface area contributed by atoms with Crippen molar-refractivity contribution in [1.29, 1.82) is 0 Å². The SMILES string of the molecule is C/C=C(\C=C/CC)CC(C)C(=O)NCCc1ccc(O)cc1.CC. The van der Waals surface area contributed by atoms with E-state index in [1.54, 1.807) is 12.1 Å². The van der Waals surface area contributed by atoms with Crippen LogP contribution in [-0.2, 0) is 11.2 Å². The molecule has 0 aromatic heterocycles. The van der Waals surface area contributed by atoms with E-state index in [9.17, 15) is 9.90 Å². The van der Waals surface area contributed by atoms with Crippen LogP contribution in [0.3, 0.4) is 0 Å². The molecule has 1 rings (SSSR count). The van der Waals surface area contributed by atoms with Gasteiger partial charge in [0.05, 0.1) is 0 Å². The van der Waals surface area contributed by atoms with Crippen molar-refractivity contribution < 1.29 is 9.90 Å². The Hall–Kier alpha value is -2.03. The molecule has 134 valence electrons. The molecule has 1 aromatic carbocycles. The predicted molar refractivity (Wildman–Crippen MR) is 103 cm³/mol. The molecule has 0 aliphatic carbocycles. The van der Waals surface area contributed by atoms with Gasteiger partial charge >= 0.3 is 0 Å². The fourth-order valence-electron chi connectivity index (χ4n) is 2.16. The second-order valence-corrected chi connectivity index (χ2v) is 5.49. The maximum atomic E-state index is 12.1. The maximum Gasteiger partial charge on any atom is 0.223 e. The Labute approximate surface area is 147 Å². The molecule has 24 heavy (non-hydrogen) atoms. The van der Waals surface area contributed by atoms with Gasteiger partial charge in [-0.15, -0.1) is 0 Å². The fraction of sp³-hybridized carbons (Fsp3) is 0.476. The van der Waals surface area contributed by atoms with Gasteiger partial charge in [0.2, 0.25) is 5.91 Å². The average molecular weight is 332 g/mol. The van der Waals surface area contributed by atoms with Crippen LogP contribution in [0.4, 0.5) is 0 Å². The summed E-state index contributed by atoms with van der Waals surface area (Å²) in [6.45, 7) is 10.7. The largest absolute Gasteiger partial charge is 0.508 e. The molecule has 0 heterocycles. The van der Waals surface area contributed by atoms with Crippen LogP contribution in [0.25, 0.3) is 0 Å². The topological polar surface area (TPSA) is 49.3 Å². The molecule has 0 aliphatic rings. The normalized spacial score (nSPS) is 12.5. The monoisotopic (exact) mass is 331 g/mol. The molecule has 1 unspecified atom stereocenters. The molecule has 0 saturated heterocycles. The van der Waals surface area contributed by atoms with Crippen LogP contribution < -0.4 is 5.32 Å². The summed E-state index contributed by atoms with van der Waals surface area (Å²) < 4.78 is 0. The van der Waals surface area contributed by atoms with Crippen molar-refractivity contribution in [3.05, 3.63) is 53.6 Å². The highest BCUT2D eigenvalue weighted by molar-refractivity contribution is 5.78. The summed E-state index contributed by atoms with van der Waals surface area (Å²) >= 11 is 0. The summed E-state index contributed by atoms with van der Waals surface area (Å²) in [6.07, 6.45) is 8.81. The van der Waals surface area contributed by atoms with E-state index in [0.717, 1.165) is 24.8 Å². The van der Waals surface area contributed by atoms with E-state index < -0.39 is 0 Å². The van der Waals surface area contributed by atoms with Gasteiger partial charge in [0.25, 0.3) is 0 Å². The predicted octanol–water partition coefficient (Wildman–Crippen LogP) is 5.02. The number of carbonyl (C=O) groups is 1. The van der Waals surface area contributed by atoms with E-state index in [0.29, 0.717) is 6.54 Å². The van der Waals surface area contributed by atoms with Crippen LogP contribution in [0.2, 0.25) is 0 Å². The average Bonchev–Trinajstić information content (AvgIpc) is 2.61. The number of phenols is 1. The third-order valence-electron chi connectivity index (χ3n) is 3.58. The number of amides is 1.